The Balaban J connectivity index is 1.35. The Labute approximate surface area is 153 Å². The molecule has 0 aliphatic carbocycles. The average molecular weight is 350 g/mol. The third-order valence-electron chi connectivity index (χ3n) is 4.66. The largest absolute Gasteiger partial charge is 0.497 e. The van der Waals surface area contributed by atoms with Crippen molar-refractivity contribution < 1.29 is 9.26 Å². The zero-order valence-electron chi connectivity index (χ0n) is 14.8. The Morgan fingerprint density at radius 3 is 2.38 bits per heavy atom. The molecular formula is C20H22N4O2. The lowest BCUT2D eigenvalue weighted by molar-refractivity contribution is 0.240. The van der Waals surface area contributed by atoms with E-state index in [9.17, 15) is 0 Å². The summed E-state index contributed by atoms with van der Waals surface area (Å²) in [6.45, 7) is 4.70. The highest BCUT2D eigenvalue weighted by Gasteiger charge is 2.19. The first-order chi connectivity index (χ1) is 12.8. The second kappa shape index (κ2) is 7.58. The van der Waals surface area contributed by atoms with E-state index in [-0.39, 0.29) is 0 Å². The summed E-state index contributed by atoms with van der Waals surface area (Å²) in [6.07, 6.45) is 0. The van der Waals surface area contributed by atoms with E-state index < -0.39 is 0 Å². The van der Waals surface area contributed by atoms with Crippen molar-refractivity contribution in [1.82, 2.24) is 15.0 Å². The second-order valence-electron chi connectivity index (χ2n) is 6.34. The van der Waals surface area contributed by atoms with Gasteiger partial charge in [-0.1, -0.05) is 23.4 Å². The predicted molar refractivity (Wildman–Crippen MR) is 100 cm³/mol. The number of methoxy groups -OCH3 is 1. The third-order valence-corrected chi connectivity index (χ3v) is 4.66. The molecule has 0 saturated carbocycles. The van der Waals surface area contributed by atoms with E-state index in [1.807, 2.05) is 24.3 Å². The van der Waals surface area contributed by atoms with Crippen LogP contribution in [0.15, 0.2) is 59.1 Å². The third kappa shape index (κ3) is 3.70. The minimum absolute atomic E-state index is 0.547. The number of hydrogen-bond donors (Lipinski definition) is 0. The summed E-state index contributed by atoms with van der Waals surface area (Å²) in [5, 5.41) is 4.13. The Morgan fingerprint density at radius 2 is 1.69 bits per heavy atom. The van der Waals surface area contributed by atoms with E-state index >= 15 is 0 Å². The van der Waals surface area contributed by atoms with Crippen LogP contribution in [0.5, 0.6) is 5.75 Å². The first kappa shape index (κ1) is 16.6. The van der Waals surface area contributed by atoms with Crippen LogP contribution in [-0.4, -0.2) is 48.3 Å². The van der Waals surface area contributed by atoms with Crippen molar-refractivity contribution >= 4 is 5.69 Å². The van der Waals surface area contributed by atoms with Crippen molar-refractivity contribution in [2.24, 2.45) is 0 Å². The van der Waals surface area contributed by atoms with Crippen molar-refractivity contribution in [2.45, 2.75) is 6.54 Å². The molecule has 1 aromatic heterocycles. The fraction of sp³-hybridized carbons (Fsp3) is 0.300. The minimum Gasteiger partial charge on any atom is -0.497 e. The summed E-state index contributed by atoms with van der Waals surface area (Å²) in [4.78, 5) is 9.31. The lowest BCUT2D eigenvalue weighted by Gasteiger charge is -2.35. The lowest BCUT2D eigenvalue weighted by atomic mass is 10.2. The smallest absolute Gasteiger partial charge is 0.257 e. The van der Waals surface area contributed by atoms with Crippen LogP contribution in [0.25, 0.3) is 11.5 Å². The normalized spacial score (nSPS) is 15.2. The van der Waals surface area contributed by atoms with Gasteiger partial charge in [0.2, 0.25) is 0 Å². The van der Waals surface area contributed by atoms with Crippen molar-refractivity contribution in [3.05, 3.63) is 60.4 Å². The molecule has 4 rings (SSSR count). The molecule has 0 atom stereocenters. The molecule has 0 unspecified atom stereocenters. The number of para-hydroxylation sites is 1. The first-order valence-electron chi connectivity index (χ1n) is 8.81. The Bertz CT molecular complexity index is 825. The molecule has 0 amide bonds. The number of aromatic nitrogens is 2. The maximum absolute atomic E-state index is 5.42. The summed E-state index contributed by atoms with van der Waals surface area (Å²) < 4.78 is 10.6. The fourth-order valence-electron chi connectivity index (χ4n) is 3.17. The van der Waals surface area contributed by atoms with Crippen LogP contribution in [0.1, 0.15) is 5.82 Å². The molecule has 0 radical (unpaired) electrons. The van der Waals surface area contributed by atoms with Crippen molar-refractivity contribution in [1.29, 1.82) is 0 Å². The van der Waals surface area contributed by atoms with Crippen molar-refractivity contribution in [3.8, 4) is 17.2 Å². The molecule has 1 fully saturated rings. The molecule has 1 aliphatic heterocycles. The van der Waals surface area contributed by atoms with Gasteiger partial charge in [0.1, 0.15) is 5.75 Å². The van der Waals surface area contributed by atoms with Gasteiger partial charge in [0.25, 0.3) is 5.89 Å². The highest BCUT2D eigenvalue weighted by molar-refractivity contribution is 5.54. The van der Waals surface area contributed by atoms with Crippen LogP contribution in [-0.2, 0) is 6.54 Å². The molecule has 3 aromatic rings. The van der Waals surface area contributed by atoms with Gasteiger partial charge in [-0.3, -0.25) is 4.90 Å². The molecule has 26 heavy (non-hydrogen) atoms. The SMILES string of the molecule is COc1ccc(-c2nc(CN3CCN(c4ccccc4)CC3)no2)cc1. The minimum atomic E-state index is 0.547. The quantitative estimate of drug-likeness (QED) is 0.705. The van der Waals surface area contributed by atoms with Crippen LogP contribution in [0, 0.1) is 0 Å². The Kier molecular flexibility index (Phi) is 4.84. The van der Waals surface area contributed by atoms with E-state index in [0.29, 0.717) is 12.4 Å². The molecule has 134 valence electrons. The number of ether oxygens (including phenoxy) is 1. The monoisotopic (exact) mass is 350 g/mol. The van der Waals surface area contributed by atoms with Gasteiger partial charge >= 0.3 is 0 Å². The summed E-state index contributed by atoms with van der Waals surface area (Å²) in [6, 6.07) is 18.2. The highest BCUT2D eigenvalue weighted by atomic mass is 16.5. The van der Waals surface area contributed by atoms with Crippen molar-refractivity contribution in [2.75, 3.05) is 38.2 Å². The molecule has 1 aliphatic rings. The molecule has 2 heterocycles. The molecule has 1 saturated heterocycles. The van der Waals surface area contributed by atoms with Crippen LogP contribution in [0.3, 0.4) is 0 Å². The molecule has 2 aromatic carbocycles. The number of piperazine rings is 1. The highest BCUT2D eigenvalue weighted by Crippen LogP contribution is 2.21. The molecular weight excluding hydrogens is 328 g/mol. The summed E-state index contributed by atoms with van der Waals surface area (Å²) >= 11 is 0. The van der Waals surface area contributed by atoms with Gasteiger partial charge in [-0.2, -0.15) is 4.98 Å². The van der Waals surface area contributed by atoms with Gasteiger partial charge in [-0.25, -0.2) is 0 Å². The number of rotatable bonds is 5. The van der Waals surface area contributed by atoms with Gasteiger partial charge < -0.3 is 14.2 Å². The molecule has 6 nitrogen and oxygen atoms in total. The Morgan fingerprint density at radius 1 is 0.962 bits per heavy atom. The number of anilines is 1. The van der Waals surface area contributed by atoms with Crippen LogP contribution >= 0.6 is 0 Å². The number of nitrogens with zero attached hydrogens (tertiary/aromatic N) is 4. The van der Waals surface area contributed by atoms with Crippen LogP contribution < -0.4 is 9.64 Å². The van der Waals surface area contributed by atoms with Gasteiger partial charge in [0, 0.05) is 37.4 Å². The molecule has 0 bridgehead atoms. The van der Waals surface area contributed by atoms with E-state index in [4.69, 9.17) is 9.26 Å². The zero-order chi connectivity index (χ0) is 17.8. The van der Waals surface area contributed by atoms with E-state index in [2.05, 4.69) is 50.3 Å². The van der Waals surface area contributed by atoms with E-state index in [0.717, 1.165) is 43.3 Å². The summed E-state index contributed by atoms with van der Waals surface area (Å²) in [5.74, 6) is 2.08. The topological polar surface area (TPSA) is 54.6 Å². The second-order valence-corrected chi connectivity index (χ2v) is 6.34. The standard InChI is InChI=1S/C20H22N4O2/c1-25-18-9-7-16(8-10-18)20-21-19(22-26-20)15-23-11-13-24(14-12-23)17-5-3-2-4-6-17/h2-10H,11-15H2,1H3. The van der Waals surface area contributed by atoms with Gasteiger partial charge in [0.15, 0.2) is 5.82 Å². The first-order valence-corrected chi connectivity index (χ1v) is 8.81. The van der Waals surface area contributed by atoms with E-state index in [1.165, 1.54) is 5.69 Å². The lowest BCUT2D eigenvalue weighted by Crippen LogP contribution is -2.46. The average Bonchev–Trinajstić information content (AvgIpc) is 3.18. The van der Waals surface area contributed by atoms with Gasteiger partial charge in [-0.05, 0) is 36.4 Å². The maximum atomic E-state index is 5.42. The zero-order valence-corrected chi connectivity index (χ0v) is 14.8. The van der Waals surface area contributed by atoms with Crippen molar-refractivity contribution in [3.63, 3.8) is 0 Å². The molecule has 0 spiro atoms. The van der Waals surface area contributed by atoms with Gasteiger partial charge in [-0.15, -0.1) is 0 Å². The van der Waals surface area contributed by atoms with Crippen LogP contribution in [0.2, 0.25) is 0 Å². The van der Waals surface area contributed by atoms with Gasteiger partial charge in [0.05, 0.1) is 13.7 Å². The summed E-state index contributed by atoms with van der Waals surface area (Å²) in [5.41, 5.74) is 2.19. The fourth-order valence-corrected chi connectivity index (χ4v) is 3.17. The maximum Gasteiger partial charge on any atom is 0.257 e. The van der Waals surface area contributed by atoms with Crippen LogP contribution in [0.4, 0.5) is 5.69 Å². The number of benzene rings is 2. The number of hydrogen-bond acceptors (Lipinski definition) is 6. The molecule has 6 heteroatoms. The van der Waals surface area contributed by atoms with E-state index in [1.54, 1.807) is 7.11 Å². The molecule has 0 N–H and O–H groups in total. The summed E-state index contributed by atoms with van der Waals surface area (Å²) in [7, 11) is 1.65. The Hall–Kier alpha value is -2.86. The predicted octanol–water partition coefficient (Wildman–Crippen LogP) is 3.07.